The first-order chi connectivity index (χ1) is 15.0. The van der Waals surface area contributed by atoms with E-state index in [4.69, 9.17) is 25.9 Å². The van der Waals surface area contributed by atoms with Crippen LogP contribution in [-0.2, 0) is 16.2 Å². The zero-order valence-electron chi connectivity index (χ0n) is 16.6. The first-order valence-electron chi connectivity index (χ1n) is 9.61. The summed E-state index contributed by atoms with van der Waals surface area (Å²) in [6.07, 6.45) is -0.740. The molecular formula is C21H20ClF2N3O4. The standard InChI is InChI=1S/C21H20ClF2N3O4/c1-29-14-4-2-12(3-5-14)11-30-21(28)25-19-15(10-27-6-7-31-26-20(19)27)18-16(23)8-13(22)9-17(18)24/h2-5,8-9,15,19H,6-7,10-11H2,1H3,(H,25,28)/t15-,19-/m0/s1. The van der Waals surface area contributed by atoms with E-state index in [1.807, 2.05) is 4.90 Å². The summed E-state index contributed by atoms with van der Waals surface area (Å²) in [6.45, 7) is 1.12. The van der Waals surface area contributed by atoms with E-state index in [1.165, 1.54) is 0 Å². The second-order valence-corrected chi connectivity index (χ2v) is 7.60. The van der Waals surface area contributed by atoms with Gasteiger partial charge in [-0.05, 0) is 29.8 Å². The Hall–Kier alpha value is -3.07. The second kappa shape index (κ2) is 8.97. The Balaban J connectivity index is 1.52. The molecule has 0 aromatic heterocycles. The predicted octanol–water partition coefficient (Wildman–Crippen LogP) is 3.66. The summed E-state index contributed by atoms with van der Waals surface area (Å²) < 4.78 is 39.6. The molecule has 0 aliphatic carbocycles. The Morgan fingerprint density at radius 3 is 2.68 bits per heavy atom. The monoisotopic (exact) mass is 451 g/mol. The molecule has 1 N–H and O–H groups in total. The van der Waals surface area contributed by atoms with Gasteiger partial charge in [-0.15, -0.1) is 0 Å². The largest absolute Gasteiger partial charge is 0.497 e. The van der Waals surface area contributed by atoms with Crippen molar-refractivity contribution < 1.29 is 27.9 Å². The van der Waals surface area contributed by atoms with Crippen LogP contribution in [0.15, 0.2) is 41.6 Å². The summed E-state index contributed by atoms with van der Waals surface area (Å²) in [4.78, 5) is 19.5. The molecule has 10 heteroatoms. The minimum Gasteiger partial charge on any atom is -0.497 e. The molecule has 31 heavy (non-hydrogen) atoms. The van der Waals surface area contributed by atoms with Crippen molar-refractivity contribution in [3.8, 4) is 5.75 Å². The summed E-state index contributed by atoms with van der Waals surface area (Å²) >= 11 is 5.76. The molecule has 2 aromatic rings. The number of oxime groups is 1. The molecule has 2 aliphatic rings. The van der Waals surface area contributed by atoms with Crippen molar-refractivity contribution in [2.24, 2.45) is 5.16 Å². The molecular weight excluding hydrogens is 432 g/mol. The number of amides is 1. The number of benzene rings is 2. The number of nitrogens with one attached hydrogen (secondary N) is 1. The number of fused-ring (bicyclic) bond motifs is 1. The fourth-order valence-electron chi connectivity index (χ4n) is 3.77. The molecule has 1 fully saturated rings. The Morgan fingerprint density at radius 1 is 1.29 bits per heavy atom. The zero-order valence-corrected chi connectivity index (χ0v) is 17.4. The van der Waals surface area contributed by atoms with E-state index in [0.29, 0.717) is 24.7 Å². The normalized spacial score (nSPS) is 19.9. The van der Waals surface area contributed by atoms with Crippen LogP contribution in [0.2, 0.25) is 5.02 Å². The first kappa shape index (κ1) is 21.2. The van der Waals surface area contributed by atoms with E-state index < -0.39 is 29.7 Å². The van der Waals surface area contributed by atoms with Crippen LogP contribution in [0.3, 0.4) is 0 Å². The van der Waals surface area contributed by atoms with Crippen molar-refractivity contribution in [1.82, 2.24) is 10.2 Å². The van der Waals surface area contributed by atoms with Crippen LogP contribution in [0.4, 0.5) is 13.6 Å². The number of methoxy groups -OCH3 is 1. The van der Waals surface area contributed by atoms with Crippen LogP contribution in [0.1, 0.15) is 17.0 Å². The minimum atomic E-state index is -0.825. The maximum Gasteiger partial charge on any atom is 0.408 e. The van der Waals surface area contributed by atoms with Gasteiger partial charge >= 0.3 is 6.09 Å². The molecule has 2 aliphatic heterocycles. The molecule has 4 rings (SSSR count). The van der Waals surface area contributed by atoms with Crippen molar-refractivity contribution >= 4 is 23.5 Å². The first-order valence-corrected chi connectivity index (χ1v) is 9.99. The maximum atomic E-state index is 14.6. The van der Waals surface area contributed by atoms with Crippen molar-refractivity contribution in [3.63, 3.8) is 0 Å². The van der Waals surface area contributed by atoms with Crippen LogP contribution >= 0.6 is 11.6 Å². The van der Waals surface area contributed by atoms with Gasteiger partial charge in [0.15, 0.2) is 5.84 Å². The quantitative estimate of drug-likeness (QED) is 0.751. The van der Waals surface area contributed by atoms with E-state index in [0.717, 1.165) is 17.7 Å². The Bertz CT molecular complexity index is 980. The number of carbonyl (C=O) groups is 1. The summed E-state index contributed by atoms with van der Waals surface area (Å²) in [6, 6.07) is 8.31. The lowest BCUT2D eigenvalue weighted by molar-refractivity contribution is 0.105. The molecule has 7 nitrogen and oxygen atoms in total. The van der Waals surface area contributed by atoms with Crippen molar-refractivity contribution in [2.75, 3.05) is 26.8 Å². The second-order valence-electron chi connectivity index (χ2n) is 7.16. The van der Waals surface area contributed by atoms with Gasteiger partial charge in [0.25, 0.3) is 0 Å². The van der Waals surface area contributed by atoms with Gasteiger partial charge in [0, 0.05) is 23.0 Å². The number of alkyl carbamates (subject to hydrolysis) is 1. The molecule has 0 spiro atoms. The van der Waals surface area contributed by atoms with E-state index >= 15 is 0 Å². The van der Waals surface area contributed by atoms with Gasteiger partial charge in [-0.25, -0.2) is 13.6 Å². The number of amidine groups is 1. The molecule has 1 saturated heterocycles. The van der Waals surface area contributed by atoms with Gasteiger partial charge in [0.1, 0.15) is 36.6 Å². The Kier molecular flexibility index (Phi) is 6.13. The predicted molar refractivity (Wildman–Crippen MR) is 109 cm³/mol. The highest BCUT2D eigenvalue weighted by Crippen LogP contribution is 2.35. The topological polar surface area (TPSA) is 72.4 Å². The molecule has 164 valence electrons. The number of ether oxygens (including phenoxy) is 2. The van der Waals surface area contributed by atoms with Crippen LogP contribution in [0.25, 0.3) is 0 Å². The lowest BCUT2D eigenvalue weighted by Crippen LogP contribution is -2.45. The summed E-state index contributed by atoms with van der Waals surface area (Å²) in [7, 11) is 1.56. The van der Waals surface area contributed by atoms with Crippen molar-refractivity contribution in [3.05, 3.63) is 64.2 Å². The summed E-state index contributed by atoms with van der Waals surface area (Å²) in [5, 5.41) is 6.64. The highest BCUT2D eigenvalue weighted by atomic mass is 35.5. The van der Waals surface area contributed by atoms with Crippen molar-refractivity contribution in [1.29, 1.82) is 0 Å². The highest BCUT2D eigenvalue weighted by molar-refractivity contribution is 6.30. The lowest BCUT2D eigenvalue weighted by atomic mass is 9.93. The number of rotatable bonds is 5. The zero-order chi connectivity index (χ0) is 22.0. The fraction of sp³-hybridized carbons (Fsp3) is 0.333. The number of carbonyl (C=O) groups excluding carboxylic acids is 1. The Morgan fingerprint density at radius 2 is 2.00 bits per heavy atom. The van der Waals surface area contributed by atoms with Gasteiger partial charge in [-0.2, -0.15) is 0 Å². The third-order valence-corrected chi connectivity index (χ3v) is 5.47. The Labute approximate surface area is 182 Å². The molecule has 2 atom stereocenters. The average Bonchev–Trinajstić information content (AvgIpc) is 3.10. The van der Waals surface area contributed by atoms with E-state index in [1.54, 1.807) is 31.4 Å². The number of nitrogens with zero attached hydrogens (tertiary/aromatic N) is 2. The van der Waals surface area contributed by atoms with Crippen LogP contribution in [0.5, 0.6) is 5.75 Å². The third-order valence-electron chi connectivity index (χ3n) is 5.25. The number of halogens is 3. The van der Waals surface area contributed by atoms with E-state index in [9.17, 15) is 13.6 Å². The average molecular weight is 452 g/mol. The van der Waals surface area contributed by atoms with Gasteiger partial charge in [-0.3, -0.25) is 0 Å². The van der Waals surface area contributed by atoms with Crippen LogP contribution in [-0.4, -0.2) is 49.7 Å². The smallest absolute Gasteiger partial charge is 0.408 e. The summed E-state index contributed by atoms with van der Waals surface area (Å²) in [5.74, 6) is -1.22. The van der Waals surface area contributed by atoms with Crippen LogP contribution < -0.4 is 10.1 Å². The molecule has 1 amide bonds. The molecule has 0 unspecified atom stereocenters. The van der Waals surface area contributed by atoms with Gasteiger partial charge in [0.05, 0.1) is 13.7 Å². The van der Waals surface area contributed by atoms with Crippen molar-refractivity contribution in [2.45, 2.75) is 18.6 Å². The summed E-state index contributed by atoms with van der Waals surface area (Å²) in [5.41, 5.74) is 0.593. The number of hydrogen-bond acceptors (Lipinski definition) is 6. The van der Waals surface area contributed by atoms with Gasteiger partial charge in [0.2, 0.25) is 0 Å². The molecule has 0 saturated carbocycles. The fourth-order valence-corrected chi connectivity index (χ4v) is 3.96. The molecule has 2 heterocycles. The van der Waals surface area contributed by atoms with Gasteiger partial charge < -0.3 is 24.5 Å². The highest BCUT2D eigenvalue weighted by Gasteiger charge is 2.44. The third kappa shape index (κ3) is 4.51. The van der Waals surface area contributed by atoms with Crippen LogP contribution in [0, 0.1) is 11.6 Å². The molecule has 0 radical (unpaired) electrons. The molecule has 0 bridgehead atoms. The SMILES string of the molecule is COc1ccc(COC(=O)N[C@@H]2C3=NOCCN3C[C@H]2c2c(F)cc(Cl)cc2F)cc1. The van der Waals surface area contributed by atoms with Gasteiger partial charge in [-0.1, -0.05) is 28.9 Å². The number of hydrogen-bond donors (Lipinski definition) is 1. The molecule has 2 aromatic carbocycles. The maximum absolute atomic E-state index is 14.6. The van der Waals surface area contributed by atoms with E-state index in [2.05, 4.69) is 10.5 Å². The van der Waals surface area contributed by atoms with E-state index in [-0.39, 0.29) is 23.7 Å². The lowest BCUT2D eigenvalue weighted by Gasteiger charge is -2.24. The minimum absolute atomic E-state index is 0.0174.